The molecule has 0 bridgehead atoms. The monoisotopic (exact) mass is 326 g/mol. The maximum atomic E-state index is 11.6. The van der Waals surface area contributed by atoms with Gasteiger partial charge in [0.25, 0.3) is 0 Å². The van der Waals surface area contributed by atoms with Crippen molar-refractivity contribution in [2.24, 2.45) is 0 Å². The van der Waals surface area contributed by atoms with E-state index in [0.717, 1.165) is 12.8 Å². The molecule has 0 aromatic heterocycles. The highest BCUT2D eigenvalue weighted by molar-refractivity contribution is 5.94. The van der Waals surface area contributed by atoms with Gasteiger partial charge in [-0.3, -0.25) is 9.59 Å². The molecule has 0 aromatic rings. The highest BCUT2D eigenvalue weighted by atomic mass is 16.7. The summed E-state index contributed by atoms with van der Waals surface area (Å²) in [5.41, 5.74) is 0. The zero-order chi connectivity index (χ0) is 16.9. The fourth-order valence-electron chi connectivity index (χ4n) is 2.40. The number of hydrogen-bond acceptors (Lipinski definition) is 5. The number of esters is 1. The Hall–Kier alpha value is -1.20. The highest BCUT2D eigenvalue weighted by Gasteiger charge is 2.26. The van der Waals surface area contributed by atoms with Crippen molar-refractivity contribution >= 4 is 11.8 Å². The number of hydrogen-bond donors (Lipinski definition) is 0. The van der Waals surface area contributed by atoms with Gasteiger partial charge in [0.05, 0.1) is 6.61 Å². The van der Waals surface area contributed by atoms with Gasteiger partial charge in [-0.15, -0.1) is 0 Å². The van der Waals surface area contributed by atoms with E-state index in [2.05, 4.69) is 6.92 Å². The molecule has 0 aromatic carbocycles. The van der Waals surface area contributed by atoms with Gasteiger partial charge >= 0.3 is 5.97 Å². The van der Waals surface area contributed by atoms with Gasteiger partial charge in [0, 0.05) is 6.92 Å². The Balaban J connectivity index is 2.07. The number of ether oxygens (including phenoxy) is 3. The Morgan fingerprint density at radius 2 is 1.78 bits per heavy atom. The van der Waals surface area contributed by atoms with Gasteiger partial charge < -0.3 is 14.2 Å². The lowest BCUT2D eigenvalue weighted by molar-refractivity contribution is -0.176. The minimum Gasteiger partial charge on any atom is -0.463 e. The summed E-state index contributed by atoms with van der Waals surface area (Å²) in [5.74, 6) is -0.620. The first-order valence-electron chi connectivity index (χ1n) is 8.76. The molecule has 0 saturated heterocycles. The number of carbonyl (C=O) groups is 2. The van der Waals surface area contributed by atoms with Crippen molar-refractivity contribution in [2.45, 2.75) is 77.6 Å². The second kappa shape index (κ2) is 12.3. The summed E-state index contributed by atoms with van der Waals surface area (Å²) < 4.78 is 15.9. The number of carbonyl (C=O) groups excluding carboxylic acids is 2. The average molecular weight is 326 g/mol. The lowest BCUT2D eigenvalue weighted by atomic mass is 10.1. The molecule has 0 N–H and O–H groups in total. The van der Waals surface area contributed by atoms with E-state index in [4.69, 9.17) is 14.2 Å². The van der Waals surface area contributed by atoms with Gasteiger partial charge in [-0.2, -0.15) is 0 Å². The summed E-state index contributed by atoms with van der Waals surface area (Å²) in [6.07, 6.45) is 11.7. The molecule has 1 aliphatic rings. The molecule has 1 rings (SSSR count). The van der Waals surface area contributed by atoms with Crippen molar-refractivity contribution in [1.82, 2.24) is 0 Å². The first-order valence-corrected chi connectivity index (χ1v) is 8.76. The second-order valence-electron chi connectivity index (χ2n) is 5.90. The van der Waals surface area contributed by atoms with E-state index in [0.29, 0.717) is 6.61 Å². The molecule has 1 heterocycles. The molecule has 5 nitrogen and oxygen atoms in total. The summed E-state index contributed by atoms with van der Waals surface area (Å²) in [5, 5.41) is 0. The minimum atomic E-state index is -0.757. The molecule has 0 unspecified atom stereocenters. The molecule has 0 aliphatic carbocycles. The van der Waals surface area contributed by atoms with Crippen molar-refractivity contribution in [3.05, 3.63) is 12.2 Å². The van der Waals surface area contributed by atoms with E-state index in [9.17, 15) is 9.59 Å². The predicted molar refractivity (Wildman–Crippen MR) is 88.0 cm³/mol. The smallest absolute Gasteiger partial charge is 0.302 e. The largest absolute Gasteiger partial charge is 0.463 e. The molecule has 0 amide bonds. The van der Waals surface area contributed by atoms with Gasteiger partial charge in [-0.05, 0) is 18.6 Å². The van der Waals surface area contributed by atoms with Crippen LogP contribution >= 0.6 is 0 Å². The Morgan fingerprint density at radius 1 is 1.13 bits per heavy atom. The van der Waals surface area contributed by atoms with E-state index in [1.54, 1.807) is 6.08 Å². The molecule has 23 heavy (non-hydrogen) atoms. The van der Waals surface area contributed by atoms with Crippen LogP contribution in [0.15, 0.2) is 12.2 Å². The summed E-state index contributed by atoms with van der Waals surface area (Å²) in [6.45, 7) is 4.08. The van der Waals surface area contributed by atoms with Crippen LogP contribution in [0.4, 0.5) is 0 Å². The van der Waals surface area contributed by atoms with Crippen LogP contribution in [0.3, 0.4) is 0 Å². The lowest BCUT2D eigenvalue weighted by Gasteiger charge is -2.24. The summed E-state index contributed by atoms with van der Waals surface area (Å²) in [4.78, 5) is 22.4. The quantitative estimate of drug-likeness (QED) is 0.405. The van der Waals surface area contributed by atoms with Crippen molar-refractivity contribution in [3.63, 3.8) is 0 Å². The van der Waals surface area contributed by atoms with Crippen LogP contribution in [-0.2, 0) is 23.8 Å². The van der Waals surface area contributed by atoms with E-state index in [-0.39, 0.29) is 12.4 Å². The maximum Gasteiger partial charge on any atom is 0.302 e. The number of ketones is 1. The zero-order valence-electron chi connectivity index (χ0n) is 14.4. The van der Waals surface area contributed by atoms with Crippen molar-refractivity contribution in [2.75, 3.05) is 13.2 Å². The van der Waals surface area contributed by atoms with Gasteiger partial charge in [0.1, 0.15) is 6.61 Å². The molecule has 0 fully saturated rings. The molecular formula is C18H30O5. The van der Waals surface area contributed by atoms with Gasteiger partial charge in [-0.25, -0.2) is 0 Å². The molecule has 1 aliphatic heterocycles. The standard InChI is InChI=1S/C18H30O5/c1-3-4-5-6-7-8-9-10-13-21-18-12-11-16(20)17(23-18)14-22-15(2)19/h11-12,17-18H,3-10,13-14H2,1-2H3/t17-,18+/m1/s1. The van der Waals surface area contributed by atoms with Crippen LogP contribution in [-0.4, -0.2) is 37.4 Å². The molecule has 2 atom stereocenters. The van der Waals surface area contributed by atoms with Crippen LogP contribution < -0.4 is 0 Å². The highest BCUT2D eigenvalue weighted by Crippen LogP contribution is 2.13. The second-order valence-corrected chi connectivity index (χ2v) is 5.90. The van der Waals surface area contributed by atoms with Crippen LogP contribution in [0.2, 0.25) is 0 Å². The molecule has 132 valence electrons. The molecule has 0 radical (unpaired) electrons. The van der Waals surface area contributed by atoms with Crippen LogP contribution in [0.5, 0.6) is 0 Å². The fourth-order valence-corrected chi connectivity index (χ4v) is 2.40. The fraction of sp³-hybridized carbons (Fsp3) is 0.778. The third-order valence-electron chi connectivity index (χ3n) is 3.75. The van der Waals surface area contributed by atoms with Crippen LogP contribution in [0, 0.1) is 0 Å². The number of unbranched alkanes of at least 4 members (excludes halogenated alkanes) is 7. The minimum absolute atomic E-state index is 0.0594. The van der Waals surface area contributed by atoms with E-state index < -0.39 is 18.4 Å². The van der Waals surface area contributed by atoms with Crippen molar-refractivity contribution < 1.29 is 23.8 Å². The van der Waals surface area contributed by atoms with E-state index in [1.807, 2.05) is 0 Å². The Labute approximate surface area is 139 Å². The molecule has 0 saturated carbocycles. The molecule has 5 heteroatoms. The predicted octanol–water partition coefficient (Wildman–Crippen LogP) is 3.56. The SMILES string of the molecule is CCCCCCCCCCO[C@@H]1C=CC(=O)[C@@H](COC(C)=O)O1. The molecule has 0 spiro atoms. The van der Waals surface area contributed by atoms with E-state index in [1.165, 1.54) is 51.5 Å². The maximum absolute atomic E-state index is 11.6. The van der Waals surface area contributed by atoms with E-state index >= 15 is 0 Å². The van der Waals surface area contributed by atoms with Crippen molar-refractivity contribution in [1.29, 1.82) is 0 Å². The van der Waals surface area contributed by atoms with Crippen molar-refractivity contribution in [3.8, 4) is 0 Å². The van der Waals surface area contributed by atoms with Gasteiger partial charge in [0.15, 0.2) is 18.2 Å². The summed E-state index contributed by atoms with van der Waals surface area (Å²) in [7, 11) is 0. The summed E-state index contributed by atoms with van der Waals surface area (Å²) >= 11 is 0. The topological polar surface area (TPSA) is 61.8 Å². The first-order chi connectivity index (χ1) is 11.1. The Kier molecular flexibility index (Phi) is 10.6. The van der Waals surface area contributed by atoms with Crippen LogP contribution in [0.1, 0.15) is 65.2 Å². The zero-order valence-corrected chi connectivity index (χ0v) is 14.4. The van der Waals surface area contributed by atoms with Gasteiger partial charge in [0.2, 0.25) is 0 Å². The third-order valence-corrected chi connectivity index (χ3v) is 3.75. The normalized spacial score (nSPS) is 20.7. The van der Waals surface area contributed by atoms with Crippen LogP contribution in [0.25, 0.3) is 0 Å². The lowest BCUT2D eigenvalue weighted by Crippen LogP contribution is -2.37. The molecular weight excluding hydrogens is 296 g/mol. The average Bonchev–Trinajstić information content (AvgIpc) is 2.53. The summed E-state index contributed by atoms with van der Waals surface area (Å²) in [6, 6.07) is 0. The Morgan fingerprint density at radius 3 is 2.43 bits per heavy atom. The Bertz CT molecular complexity index is 378. The number of rotatable bonds is 12. The third kappa shape index (κ3) is 9.51. The van der Waals surface area contributed by atoms with Gasteiger partial charge in [-0.1, -0.05) is 51.9 Å². The first kappa shape index (κ1) is 19.8.